The number of carbonyl (C=O) groups is 3. The van der Waals surface area contributed by atoms with Gasteiger partial charge in [0, 0.05) is 0 Å². The summed E-state index contributed by atoms with van der Waals surface area (Å²) >= 11 is 0. The third-order valence-corrected chi connectivity index (χ3v) is 4.32. The molecule has 0 rings (SSSR count). The maximum absolute atomic E-state index is 12.8. The normalized spacial score (nSPS) is 15.1. The highest BCUT2D eigenvalue weighted by atomic mass is 16.4. The van der Waals surface area contributed by atoms with Crippen LogP contribution in [0.2, 0.25) is 2.82 Å². The Hall–Kier alpha value is -1.75. The van der Waals surface area contributed by atoms with E-state index in [2.05, 4.69) is 11.0 Å². The molecule has 2 amide bonds. The van der Waals surface area contributed by atoms with Crippen molar-refractivity contribution in [3.8, 4) is 0 Å². The quantitative estimate of drug-likeness (QED) is 0.137. The van der Waals surface area contributed by atoms with Crippen LogP contribution in [0, 0.1) is 0 Å². The minimum absolute atomic E-state index is 0.168. The molecule has 3 atom stereocenters. The summed E-state index contributed by atoms with van der Waals surface area (Å²) in [5, 5.41) is 12.4. The fraction of sp³-hybridized carbons (Fsp3) is 0.833. The van der Waals surface area contributed by atoms with Crippen LogP contribution in [0.25, 0.3) is 0 Å². The largest absolute Gasteiger partial charge is 0.480 e. The molecule has 0 spiro atoms. The number of carboxylic acids is 1. The van der Waals surface area contributed by atoms with E-state index in [-0.39, 0.29) is 12.8 Å². The summed E-state index contributed by atoms with van der Waals surface area (Å²) < 4.78 is 15.6. The minimum Gasteiger partial charge on any atom is -0.480 e. The van der Waals surface area contributed by atoms with Gasteiger partial charge in [-0.15, -0.1) is 0 Å². The van der Waals surface area contributed by atoms with Crippen molar-refractivity contribution in [3.05, 3.63) is 0 Å². The topological polar surface area (TPSA) is 200 Å². The summed E-state index contributed by atoms with van der Waals surface area (Å²) in [6, 6.07) is -3.25. The Morgan fingerprint density at radius 3 is 1.79 bits per heavy atom. The fourth-order valence-corrected chi connectivity index (χ4v) is 2.61. The van der Waals surface area contributed by atoms with Crippen LogP contribution in [0.1, 0.15) is 57.8 Å². The van der Waals surface area contributed by atoms with Crippen LogP contribution in [0.3, 0.4) is 0 Å². The zero-order valence-electron chi connectivity index (χ0n) is 18.6. The van der Waals surface area contributed by atoms with Crippen LogP contribution < -0.4 is 33.6 Å². The molecule has 11 N–H and O–H groups in total. The molecule has 0 saturated carbocycles. The lowest BCUT2D eigenvalue weighted by molar-refractivity contribution is -0.142. The van der Waals surface area contributed by atoms with Crippen LogP contribution in [0.4, 0.5) is 0 Å². The van der Waals surface area contributed by atoms with Crippen LogP contribution in [-0.2, 0) is 14.4 Å². The molecule has 0 saturated heterocycles. The molecule has 0 radical (unpaired) electrons. The summed E-state index contributed by atoms with van der Waals surface area (Å²) in [5.74, 6) is -2.61. The number of unbranched alkanes of at least 4 members (excludes halogenated alkanes) is 3. The first-order chi connectivity index (χ1) is 14.3. The fourth-order valence-electron chi connectivity index (χ4n) is 2.61. The van der Waals surface area contributed by atoms with Crippen molar-refractivity contribution in [2.75, 3.05) is 19.6 Å². The molecule has 10 heteroatoms. The maximum Gasteiger partial charge on any atom is 0.326 e. The molecule has 0 unspecified atom stereocenters. The zero-order chi connectivity index (χ0) is 22.9. The molecule has 164 valence electrons. The summed E-state index contributed by atoms with van der Waals surface area (Å²) in [6.45, 7) is 1.27. The van der Waals surface area contributed by atoms with E-state index in [9.17, 15) is 19.5 Å². The van der Waals surface area contributed by atoms with Crippen LogP contribution in [0.15, 0.2) is 0 Å². The van der Waals surface area contributed by atoms with Gasteiger partial charge < -0.3 is 38.7 Å². The van der Waals surface area contributed by atoms with Gasteiger partial charge >= 0.3 is 5.97 Å². The summed E-state index contributed by atoms with van der Waals surface area (Å²) in [7, 11) is 0. The number of nitrogens with two attached hydrogens (primary N) is 4. The van der Waals surface area contributed by atoms with E-state index in [4.69, 9.17) is 20.0 Å². The van der Waals surface area contributed by atoms with E-state index in [1.54, 1.807) is 0 Å². The SMILES string of the molecule is [2H]N[C@H](CCCCN)C(=O)N([2H])[C@@H](CCCCN)C(=O)N[C@@H](CCCCN)C(=O)O. The van der Waals surface area contributed by atoms with E-state index in [1.807, 2.05) is 0 Å². The van der Waals surface area contributed by atoms with Gasteiger partial charge in [-0.3, -0.25) is 9.59 Å². The van der Waals surface area contributed by atoms with E-state index >= 15 is 0 Å². The zero-order valence-corrected chi connectivity index (χ0v) is 16.6. The smallest absolute Gasteiger partial charge is 0.326 e. The average molecular weight is 405 g/mol. The van der Waals surface area contributed by atoms with Gasteiger partial charge in [0.1, 0.15) is 13.5 Å². The Morgan fingerprint density at radius 1 is 0.821 bits per heavy atom. The molecule has 0 aliphatic heterocycles. The Balaban J connectivity index is 5.25. The number of nitrogens with one attached hydrogen (secondary N) is 2. The number of hydrogen-bond acceptors (Lipinski definition) is 7. The molecule has 28 heavy (non-hydrogen) atoms. The second kappa shape index (κ2) is 16.2. The predicted octanol–water partition coefficient (Wildman–Crippen LogP) is -1.25. The Morgan fingerprint density at radius 2 is 1.32 bits per heavy atom. The number of carboxylic acid groups (broad SMARTS) is 1. The highest BCUT2D eigenvalue weighted by molar-refractivity contribution is 5.91. The molecule has 0 aromatic carbocycles. The van der Waals surface area contributed by atoms with Crippen molar-refractivity contribution in [1.29, 1.82) is 0 Å². The number of carbonyl (C=O) groups excluding carboxylic acids is 2. The molecule has 0 bridgehead atoms. The van der Waals surface area contributed by atoms with E-state index in [1.165, 1.54) is 0 Å². The number of rotatable bonds is 18. The first-order valence-electron chi connectivity index (χ1n) is 10.9. The maximum atomic E-state index is 12.8. The van der Waals surface area contributed by atoms with Crippen LogP contribution >= 0.6 is 0 Å². The molecule has 0 aromatic rings. The number of aliphatic carboxylic acids is 1. The standard InChI is InChI=1S/C18H38N6O4/c19-10-4-1-7-13(22)16(25)23-14(8-2-5-11-20)17(26)24-15(18(27)28)9-3-6-12-21/h13-15H,1-12,19-22H2,(H,23,25)(H,24,26)(H,27,28)/t13-,14+,15+/m1/s1/i/hD2. The van der Waals surface area contributed by atoms with E-state index in [0.717, 1.165) is 0 Å². The average Bonchev–Trinajstić information content (AvgIpc) is 2.72. The molecular weight excluding hydrogens is 364 g/mol. The van der Waals surface area contributed by atoms with Gasteiger partial charge in [0.25, 0.3) is 0 Å². The second-order valence-corrected chi connectivity index (χ2v) is 6.79. The van der Waals surface area contributed by atoms with E-state index < -0.39 is 35.9 Å². The summed E-state index contributed by atoms with van der Waals surface area (Å²) in [5.41, 5.74) is 18.5. The second-order valence-electron chi connectivity index (χ2n) is 6.79. The first kappa shape index (κ1) is 22.5. The van der Waals surface area contributed by atoms with Gasteiger partial charge in [0.15, 0.2) is 1.41 Å². The summed E-state index contributed by atoms with van der Waals surface area (Å²) in [6.07, 6.45) is 4.20. The van der Waals surface area contributed by atoms with E-state index in [0.29, 0.717) is 69.9 Å². The van der Waals surface area contributed by atoms with Gasteiger partial charge in [-0.25, -0.2) is 4.79 Å². The van der Waals surface area contributed by atoms with Crippen LogP contribution in [0.5, 0.6) is 0 Å². The Bertz CT molecular complexity index is 515. The molecular formula is C18H38N6O4. The summed E-state index contributed by atoms with van der Waals surface area (Å²) in [4.78, 5) is 36.9. The molecule has 0 aliphatic rings. The van der Waals surface area contributed by atoms with Crippen molar-refractivity contribution in [1.82, 2.24) is 10.6 Å². The van der Waals surface area contributed by atoms with Crippen molar-refractivity contribution >= 4 is 17.8 Å². The van der Waals surface area contributed by atoms with Crippen molar-refractivity contribution in [3.63, 3.8) is 0 Å². The molecule has 0 heterocycles. The van der Waals surface area contributed by atoms with Gasteiger partial charge in [0.2, 0.25) is 11.8 Å². The van der Waals surface area contributed by atoms with Crippen molar-refractivity contribution in [2.45, 2.75) is 75.9 Å². The van der Waals surface area contributed by atoms with Crippen molar-refractivity contribution in [2.24, 2.45) is 22.9 Å². The van der Waals surface area contributed by atoms with Gasteiger partial charge in [-0.05, 0) is 71.0 Å². The number of hydrogen-bond donors (Lipinski definition) is 7. The predicted molar refractivity (Wildman–Crippen MR) is 108 cm³/mol. The Labute approximate surface area is 170 Å². The lowest BCUT2D eigenvalue weighted by atomic mass is 10.0. The van der Waals surface area contributed by atoms with Gasteiger partial charge in [0.05, 0.1) is 6.04 Å². The minimum atomic E-state index is -1.18. The van der Waals surface area contributed by atoms with Gasteiger partial charge in [-0.1, -0.05) is 6.42 Å². The third kappa shape index (κ3) is 11.9. The first-order valence-corrected chi connectivity index (χ1v) is 9.96. The third-order valence-electron chi connectivity index (χ3n) is 4.32. The van der Waals surface area contributed by atoms with Crippen LogP contribution in [-0.4, -0.2) is 60.6 Å². The van der Waals surface area contributed by atoms with Crippen molar-refractivity contribution < 1.29 is 22.3 Å². The lowest BCUT2D eigenvalue weighted by Crippen LogP contribution is -2.54. The number of amides is 2. The molecule has 10 nitrogen and oxygen atoms in total. The Kier molecular flexibility index (Phi) is 13.1. The molecule has 0 aromatic heterocycles. The van der Waals surface area contributed by atoms with Gasteiger partial charge in [-0.2, -0.15) is 0 Å². The monoisotopic (exact) mass is 404 g/mol. The highest BCUT2D eigenvalue weighted by Crippen LogP contribution is 2.06. The molecule has 0 aliphatic carbocycles. The molecule has 0 fully saturated rings. The lowest BCUT2D eigenvalue weighted by Gasteiger charge is -2.23. The highest BCUT2D eigenvalue weighted by Gasteiger charge is 2.27.